The monoisotopic (exact) mass is 347 g/mol. The van der Waals surface area contributed by atoms with Gasteiger partial charge in [-0.25, -0.2) is 8.42 Å². The zero-order valence-corrected chi connectivity index (χ0v) is 13.6. The lowest BCUT2D eigenvalue weighted by atomic mass is 10.0. The number of carbonyl (C=O) groups excluding carboxylic acids is 1. The summed E-state index contributed by atoms with van der Waals surface area (Å²) in [6, 6.07) is 6.06. The first kappa shape index (κ1) is 16.2. The van der Waals surface area contributed by atoms with Crippen molar-refractivity contribution in [3.63, 3.8) is 0 Å². The van der Waals surface area contributed by atoms with E-state index >= 15 is 0 Å². The largest absolute Gasteiger partial charge is 0.346 e. The van der Waals surface area contributed by atoms with Crippen molar-refractivity contribution in [2.75, 3.05) is 11.6 Å². The Morgan fingerprint density at radius 2 is 2.05 bits per heavy atom. The number of rotatable bonds is 5. The standard InChI is InChI=1S/C13H18BrNO3S/c1-4-13(2,9-14)15-12(16)10-6-5-7-11(8-10)19(3,17)18/h5-8H,4,9H2,1-3H3,(H,15,16). The van der Waals surface area contributed by atoms with Crippen LogP contribution in [0.2, 0.25) is 0 Å². The van der Waals surface area contributed by atoms with Crippen LogP contribution < -0.4 is 5.32 Å². The molecule has 106 valence electrons. The van der Waals surface area contributed by atoms with Gasteiger partial charge in [0.15, 0.2) is 9.84 Å². The van der Waals surface area contributed by atoms with Gasteiger partial charge in [0.25, 0.3) is 5.91 Å². The van der Waals surface area contributed by atoms with E-state index in [1.807, 2.05) is 13.8 Å². The number of sulfone groups is 1. The predicted molar refractivity (Wildman–Crippen MR) is 79.5 cm³/mol. The molecular formula is C13H18BrNO3S. The van der Waals surface area contributed by atoms with E-state index in [-0.39, 0.29) is 16.3 Å². The van der Waals surface area contributed by atoms with Crippen molar-refractivity contribution in [2.24, 2.45) is 0 Å². The summed E-state index contributed by atoms with van der Waals surface area (Å²) in [6.07, 6.45) is 1.90. The highest BCUT2D eigenvalue weighted by molar-refractivity contribution is 9.09. The first-order valence-electron chi connectivity index (χ1n) is 5.90. The Morgan fingerprint density at radius 3 is 2.53 bits per heavy atom. The molecule has 0 fully saturated rings. The first-order chi connectivity index (χ1) is 8.72. The molecule has 0 aliphatic heterocycles. The van der Waals surface area contributed by atoms with Gasteiger partial charge in [-0.1, -0.05) is 28.9 Å². The molecule has 0 saturated carbocycles. The summed E-state index contributed by atoms with van der Waals surface area (Å²) < 4.78 is 22.9. The number of carbonyl (C=O) groups is 1. The number of alkyl halides is 1. The molecule has 0 radical (unpaired) electrons. The van der Waals surface area contributed by atoms with Crippen molar-refractivity contribution in [1.29, 1.82) is 0 Å². The Hall–Kier alpha value is -0.880. The summed E-state index contributed by atoms with van der Waals surface area (Å²) in [5.41, 5.74) is 0.00148. The van der Waals surface area contributed by atoms with E-state index in [1.165, 1.54) is 12.1 Å². The molecule has 1 aromatic rings. The molecule has 1 rings (SSSR count). The summed E-state index contributed by atoms with van der Waals surface area (Å²) >= 11 is 3.37. The molecule has 0 aliphatic carbocycles. The van der Waals surface area contributed by atoms with Gasteiger partial charge in [-0.05, 0) is 31.5 Å². The molecule has 1 aromatic carbocycles. The Bertz CT molecular complexity index is 565. The maximum Gasteiger partial charge on any atom is 0.251 e. The maximum atomic E-state index is 12.1. The molecule has 19 heavy (non-hydrogen) atoms. The lowest BCUT2D eigenvalue weighted by Gasteiger charge is -2.27. The molecule has 1 atom stereocenters. The Labute approximate surface area is 122 Å². The van der Waals surface area contributed by atoms with E-state index < -0.39 is 9.84 Å². The predicted octanol–water partition coefficient (Wildman–Crippen LogP) is 2.38. The van der Waals surface area contributed by atoms with Crippen LogP contribution in [0.4, 0.5) is 0 Å². The second-order valence-electron chi connectivity index (χ2n) is 4.80. The van der Waals surface area contributed by atoms with Gasteiger partial charge in [0.05, 0.1) is 4.90 Å². The second kappa shape index (κ2) is 6.05. The summed E-state index contributed by atoms with van der Waals surface area (Å²) in [5, 5.41) is 3.54. The Kier molecular flexibility index (Phi) is 5.15. The highest BCUT2D eigenvalue weighted by Gasteiger charge is 2.23. The SMILES string of the molecule is CCC(C)(CBr)NC(=O)c1cccc(S(C)(=O)=O)c1. The molecule has 0 heterocycles. The van der Waals surface area contributed by atoms with E-state index in [1.54, 1.807) is 12.1 Å². The third-order valence-electron chi connectivity index (χ3n) is 3.01. The van der Waals surface area contributed by atoms with Crippen LogP contribution in [0.1, 0.15) is 30.6 Å². The molecule has 0 aliphatic rings. The molecular weight excluding hydrogens is 330 g/mol. The average Bonchev–Trinajstić information content (AvgIpc) is 2.37. The summed E-state index contributed by atoms with van der Waals surface area (Å²) in [6.45, 7) is 3.91. The van der Waals surface area contributed by atoms with Crippen molar-refractivity contribution in [2.45, 2.75) is 30.7 Å². The molecule has 1 amide bonds. The van der Waals surface area contributed by atoms with E-state index in [2.05, 4.69) is 21.2 Å². The molecule has 4 nitrogen and oxygen atoms in total. The van der Waals surface area contributed by atoms with E-state index in [0.29, 0.717) is 10.9 Å². The average molecular weight is 348 g/mol. The van der Waals surface area contributed by atoms with Crippen LogP contribution in [0.15, 0.2) is 29.2 Å². The van der Waals surface area contributed by atoms with E-state index in [9.17, 15) is 13.2 Å². The van der Waals surface area contributed by atoms with Gasteiger partial charge < -0.3 is 5.32 Å². The fourth-order valence-electron chi connectivity index (χ4n) is 1.43. The Balaban J connectivity index is 3.02. The van der Waals surface area contributed by atoms with Gasteiger partial charge in [0, 0.05) is 22.7 Å². The molecule has 1 N–H and O–H groups in total. The topological polar surface area (TPSA) is 63.2 Å². The van der Waals surface area contributed by atoms with Crippen molar-refractivity contribution >= 4 is 31.7 Å². The smallest absolute Gasteiger partial charge is 0.251 e. The minimum absolute atomic E-state index is 0.150. The van der Waals surface area contributed by atoms with E-state index in [4.69, 9.17) is 0 Å². The number of amides is 1. The van der Waals surface area contributed by atoms with Gasteiger partial charge in [0.1, 0.15) is 0 Å². The fourth-order valence-corrected chi connectivity index (χ4v) is 2.63. The van der Waals surface area contributed by atoms with Crippen molar-refractivity contribution in [1.82, 2.24) is 5.32 Å². The minimum Gasteiger partial charge on any atom is -0.346 e. The van der Waals surface area contributed by atoms with Crippen LogP contribution >= 0.6 is 15.9 Å². The van der Waals surface area contributed by atoms with Crippen LogP contribution in [-0.4, -0.2) is 31.4 Å². The van der Waals surface area contributed by atoms with Crippen LogP contribution in [-0.2, 0) is 9.84 Å². The molecule has 0 saturated heterocycles. The molecule has 0 aromatic heterocycles. The Morgan fingerprint density at radius 1 is 1.42 bits per heavy atom. The van der Waals surface area contributed by atoms with Crippen molar-refractivity contribution in [3.8, 4) is 0 Å². The van der Waals surface area contributed by atoms with Gasteiger partial charge in [-0.15, -0.1) is 0 Å². The van der Waals surface area contributed by atoms with Gasteiger partial charge in [0.2, 0.25) is 0 Å². The third-order valence-corrected chi connectivity index (χ3v) is 5.36. The van der Waals surface area contributed by atoms with E-state index in [0.717, 1.165) is 12.7 Å². The minimum atomic E-state index is -3.30. The fraction of sp³-hybridized carbons (Fsp3) is 0.462. The molecule has 0 bridgehead atoms. The zero-order chi connectivity index (χ0) is 14.7. The van der Waals surface area contributed by atoms with Gasteiger partial charge in [-0.2, -0.15) is 0 Å². The van der Waals surface area contributed by atoms with Crippen LogP contribution in [0.25, 0.3) is 0 Å². The highest BCUT2D eigenvalue weighted by atomic mass is 79.9. The molecule has 1 unspecified atom stereocenters. The quantitative estimate of drug-likeness (QED) is 0.831. The zero-order valence-electron chi connectivity index (χ0n) is 11.2. The number of hydrogen-bond donors (Lipinski definition) is 1. The summed E-state index contributed by atoms with van der Waals surface area (Å²) in [4.78, 5) is 12.3. The number of hydrogen-bond acceptors (Lipinski definition) is 3. The van der Waals surface area contributed by atoms with Crippen LogP contribution in [0, 0.1) is 0 Å². The summed E-state index contributed by atoms with van der Waals surface area (Å²) in [7, 11) is -3.30. The molecule has 0 spiro atoms. The first-order valence-corrected chi connectivity index (χ1v) is 8.92. The normalized spacial score (nSPS) is 14.7. The van der Waals surface area contributed by atoms with Gasteiger partial charge in [-0.3, -0.25) is 4.79 Å². The van der Waals surface area contributed by atoms with Crippen LogP contribution in [0.3, 0.4) is 0 Å². The third kappa shape index (κ3) is 4.31. The maximum absolute atomic E-state index is 12.1. The number of benzene rings is 1. The molecule has 6 heteroatoms. The lowest BCUT2D eigenvalue weighted by Crippen LogP contribution is -2.46. The summed E-state index contributed by atoms with van der Waals surface area (Å²) in [5.74, 6) is -0.269. The van der Waals surface area contributed by atoms with Crippen LogP contribution in [0.5, 0.6) is 0 Å². The van der Waals surface area contributed by atoms with Crippen molar-refractivity contribution < 1.29 is 13.2 Å². The number of halogens is 1. The second-order valence-corrected chi connectivity index (χ2v) is 7.38. The lowest BCUT2D eigenvalue weighted by molar-refractivity contribution is 0.0913. The van der Waals surface area contributed by atoms with Crippen molar-refractivity contribution in [3.05, 3.63) is 29.8 Å². The van der Waals surface area contributed by atoms with Gasteiger partial charge >= 0.3 is 0 Å². The highest BCUT2D eigenvalue weighted by Crippen LogP contribution is 2.16. The number of nitrogens with one attached hydrogen (secondary N) is 1.